The first-order chi connectivity index (χ1) is 6.58. The Morgan fingerprint density at radius 3 is 2.71 bits per heavy atom. The summed E-state index contributed by atoms with van der Waals surface area (Å²) < 4.78 is 17.1. The highest BCUT2D eigenvalue weighted by molar-refractivity contribution is 8.56. The van der Waals surface area contributed by atoms with Crippen molar-refractivity contribution in [3.63, 3.8) is 0 Å². The normalized spacial score (nSPS) is 17.1. The maximum atomic E-state index is 12.0. The van der Waals surface area contributed by atoms with Crippen LogP contribution < -0.4 is 5.09 Å². The van der Waals surface area contributed by atoms with Crippen molar-refractivity contribution >= 4 is 35.8 Å². The molecule has 0 heterocycles. The summed E-state index contributed by atoms with van der Waals surface area (Å²) in [6.07, 6.45) is 1.08. The lowest BCUT2D eigenvalue weighted by Gasteiger charge is -2.17. The van der Waals surface area contributed by atoms with Gasteiger partial charge >= 0.3 is 6.72 Å². The number of thiocarbonyl (C=S) groups is 1. The van der Waals surface area contributed by atoms with Crippen LogP contribution in [-0.4, -0.2) is 17.9 Å². The predicted molar refractivity (Wildman–Crippen MR) is 67.9 cm³/mol. The molecule has 84 valence electrons. The van der Waals surface area contributed by atoms with Gasteiger partial charge in [0.2, 0.25) is 0 Å². The molecule has 2 atom stereocenters. The molecule has 2 unspecified atom stereocenters. The van der Waals surface area contributed by atoms with Crippen LogP contribution in [0.3, 0.4) is 0 Å². The molecule has 0 aromatic heterocycles. The molecule has 0 saturated carbocycles. The summed E-state index contributed by atoms with van der Waals surface area (Å²) >= 11 is 5.95. The minimum atomic E-state index is -2.78. The summed E-state index contributed by atoms with van der Waals surface area (Å²) in [5.74, 6) is 1.37. The minimum Gasteiger partial charge on any atom is -0.306 e. The Bertz CT molecular complexity index is 214. The van der Waals surface area contributed by atoms with Crippen LogP contribution in [0.2, 0.25) is 0 Å². The molecule has 0 spiro atoms. The SMILES string of the molecule is CCOP(=O)(NC=S)SCC(C)CC. The smallest absolute Gasteiger partial charge is 0.306 e. The molecule has 0 rings (SSSR count). The molecule has 1 N–H and O–H groups in total. The number of hydrogen-bond donors (Lipinski definition) is 1. The van der Waals surface area contributed by atoms with Gasteiger partial charge in [0.15, 0.2) is 0 Å². The van der Waals surface area contributed by atoms with E-state index < -0.39 is 6.72 Å². The van der Waals surface area contributed by atoms with Gasteiger partial charge in [0.25, 0.3) is 0 Å². The zero-order chi connectivity index (χ0) is 11.0. The molecule has 0 amide bonds. The molecule has 0 fully saturated rings. The Balaban J connectivity index is 4.08. The number of nitrogens with one attached hydrogen (secondary N) is 1. The second kappa shape index (κ2) is 7.69. The van der Waals surface area contributed by atoms with E-state index >= 15 is 0 Å². The molecule has 0 aliphatic carbocycles. The van der Waals surface area contributed by atoms with E-state index in [1.165, 1.54) is 16.9 Å². The van der Waals surface area contributed by atoms with Gasteiger partial charge in [0.1, 0.15) is 0 Å². The Labute approximate surface area is 95.6 Å². The third-order valence-corrected chi connectivity index (χ3v) is 6.23. The van der Waals surface area contributed by atoms with Crippen molar-refractivity contribution in [3.05, 3.63) is 0 Å². The van der Waals surface area contributed by atoms with Crippen LogP contribution in [0, 0.1) is 5.92 Å². The zero-order valence-corrected chi connectivity index (χ0v) is 11.4. The molecule has 0 aromatic rings. The van der Waals surface area contributed by atoms with Gasteiger partial charge in [-0.15, -0.1) is 0 Å². The van der Waals surface area contributed by atoms with E-state index in [0.29, 0.717) is 12.5 Å². The van der Waals surface area contributed by atoms with Crippen LogP contribution in [0.25, 0.3) is 0 Å². The monoisotopic (exact) mass is 255 g/mol. The van der Waals surface area contributed by atoms with Crippen LogP contribution in [-0.2, 0) is 9.09 Å². The molecule has 0 bridgehead atoms. The van der Waals surface area contributed by atoms with E-state index in [-0.39, 0.29) is 0 Å². The summed E-state index contributed by atoms with van der Waals surface area (Å²) in [5, 5.41) is 2.63. The molecule has 14 heavy (non-hydrogen) atoms. The summed E-state index contributed by atoms with van der Waals surface area (Å²) in [7, 11) is 0. The number of hydrogen-bond acceptors (Lipinski definition) is 4. The van der Waals surface area contributed by atoms with Crippen molar-refractivity contribution in [2.45, 2.75) is 27.2 Å². The molecule has 3 nitrogen and oxygen atoms in total. The van der Waals surface area contributed by atoms with Crippen molar-refractivity contribution in [1.82, 2.24) is 5.09 Å². The van der Waals surface area contributed by atoms with E-state index in [2.05, 4.69) is 31.2 Å². The summed E-state index contributed by atoms with van der Waals surface area (Å²) in [5.41, 5.74) is 1.26. The van der Waals surface area contributed by atoms with Crippen LogP contribution in [0.5, 0.6) is 0 Å². The largest absolute Gasteiger partial charge is 0.351 e. The molecular weight excluding hydrogens is 237 g/mol. The first-order valence-electron chi connectivity index (χ1n) is 4.68. The highest BCUT2D eigenvalue weighted by Gasteiger charge is 2.22. The lowest BCUT2D eigenvalue weighted by Crippen LogP contribution is -2.08. The van der Waals surface area contributed by atoms with Crippen LogP contribution in [0.4, 0.5) is 0 Å². The highest BCUT2D eigenvalue weighted by Crippen LogP contribution is 2.55. The standard InChI is InChI=1S/C8H18NO2PS2/c1-4-8(3)6-14-12(10,9-7-13)11-5-2/h7-8H,4-6H2,1-3H3,(H,9,10,13). The Morgan fingerprint density at radius 2 is 2.29 bits per heavy atom. The van der Waals surface area contributed by atoms with Gasteiger partial charge in [-0.25, -0.2) is 0 Å². The lowest BCUT2D eigenvalue weighted by atomic mass is 10.2. The average molecular weight is 255 g/mol. The molecule has 0 saturated heterocycles. The number of rotatable bonds is 8. The zero-order valence-electron chi connectivity index (χ0n) is 8.86. The van der Waals surface area contributed by atoms with Gasteiger partial charge in [-0.1, -0.05) is 32.5 Å². The second-order valence-corrected chi connectivity index (χ2v) is 7.53. The molecule has 0 aromatic carbocycles. The molecule has 0 radical (unpaired) electrons. The maximum absolute atomic E-state index is 12.0. The first-order valence-corrected chi connectivity index (χ1v) is 8.37. The van der Waals surface area contributed by atoms with Gasteiger partial charge in [-0.3, -0.25) is 4.57 Å². The van der Waals surface area contributed by atoms with Gasteiger partial charge in [0.05, 0.1) is 12.1 Å². The van der Waals surface area contributed by atoms with Gasteiger partial charge in [-0.05, 0) is 24.2 Å². The molecule has 6 heteroatoms. The van der Waals surface area contributed by atoms with Crippen molar-refractivity contribution < 1.29 is 9.09 Å². The highest BCUT2D eigenvalue weighted by atomic mass is 32.7. The van der Waals surface area contributed by atoms with E-state index in [1.54, 1.807) is 0 Å². The van der Waals surface area contributed by atoms with Gasteiger partial charge in [0, 0.05) is 5.75 Å². The van der Waals surface area contributed by atoms with E-state index in [1.807, 2.05) is 6.92 Å². The fraction of sp³-hybridized carbons (Fsp3) is 0.875. The third kappa shape index (κ3) is 6.02. The van der Waals surface area contributed by atoms with Gasteiger partial charge < -0.3 is 9.61 Å². The lowest BCUT2D eigenvalue weighted by molar-refractivity contribution is 0.343. The van der Waals surface area contributed by atoms with Crippen LogP contribution in [0.15, 0.2) is 0 Å². The molecule has 0 aliphatic heterocycles. The fourth-order valence-electron chi connectivity index (χ4n) is 0.690. The van der Waals surface area contributed by atoms with Crippen molar-refractivity contribution in [2.75, 3.05) is 12.4 Å². The quantitative estimate of drug-likeness (QED) is 0.531. The van der Waals surface area contributed by atoms with Gasteiger partial charge in [-0.2, -0.15) is 0 Å². The Kier molecular flexibility index (Phi) is 7.92. The van der Waals surface area contributed by atoms with Crippen LogP contribution in [0.1, 0.15) is 27.2 Å². The Hall–Kier alpha value is 0.430. The second-order valence-electron chi connectivity index (χ2n) is 2.97. The van der Waals surface area contributed by atoms with E-state index in [4.69, 9.17) is 4.52 Å². The maximum Gasteiger partial charge on any atom is 0.351 e. The van der Waals surface area contributed by atoms with Crippen molar-refractivity contribution in [2.24, 2.45) is 5.92 Å². The Morgan fingerprint density at radius 1 is 1.64 bits per heavy atom. The summed E-state index contributed by atoms with van der Waals surface area (Å²) in [6.45, 7) is 3.71. The van der Waals surface area contributed by atoms with Crippen molar-refractivity contribution in [1.29, 1.82) is 0 Å². The fourth-order valence-corrected chi connectivity index (χ4v) is 4.96. The molecular formula is C8H18NO2PS2. The van der Waals surface area contributed by atoms with E-state index in [9.17, 15) is 4.57 Å². The van der Waals surface area contributed by atoms with Crippen LogP contribution >= 0.6 is 30.3 Å². The van der Waals surface area contributed by atoms with E-state index in [0.717, 1.165) is 12.2 Å². The predicted octanol–water partition coefficient (Wildman–Crippen LogP) is 3.46. The van der Waals surface area contributed by atoms with Crippen molar-refractivity contribution in [3.8, 4) is 0 Å². The third-order valence-electron chi connectivity index (χ3n) is 1.74. The first kappa shape index (κ1) is 14.4. The summed E-state index contributed by atoms with van der Waals surface area (Å²) in [6, 6.07) is 0. The topological polar surface area (TPSA) is 38.3 Å². The summed E-state index contributed by atoms with van der Waals surface area (Å²) in [4.78, 5) is 0. The minimum absolute atomic E-state index is 0.432. The molecule has 0 aliphatic rings. The average Bonchev–Trinajstić information content (AvgIpc) is 2.15.